The van der Waals surface area contributed by atoms with Gasteiger partial charge in [-0.2, -0.15) is 0 Å². The van der Waals surface area contributed by atoms with Gasteiger partial charge in [0.25, 0.3) is 11.8 Å². The van der Waals surface area contributed by atoms with Crippen LogP contribution in [0, 0.1) is 0 Å². The molecule has 4 aromatic heterocycles. The lowest BCUT2D eigenvalue weighted by molar-refractivity contribution is 0.0845. The van der Waals surface area contributed by atoms with Crippen LogP contribution in [0.4, 0.5) is 0 Å². The number of carbonyl (C=O) groups is 2. The Kier molecular flexibility index (Phi) is 5.40. The number of thiazole rings is 1. The smallest absolute Gasteiger partial charge is 0.267 e. The molecule has 2 amide bonds. The summed E-state index contributed by atoms with van der Waals surface area (Å²) in [4.78, 5) is 39.6. The Morgan fingerprint density at radius 2 is 1.75 bits per heavy atom. The quantitative estimate of drug-likeness (QED) is 0.386. The van der Waals surface area contributed by atoms with Crippen molar-refractivity contribution in [3.8, 4) is 21.1 Å². The average Bonchev–Trinajstić information content (AvgIpc) is 3.54. The van der Waals surface area contributed by atoms with Crippen LogP contribution in [-0.4, -0.2) is 26.8 Å². The van der Waals surface area contributed by atoms with Gasteiger partial charge in [0, 0.05) is 28.7 Å². The highest BCUT2D eigenvalue weighted by atomic mass is 32.1. The lowest BCUT2D eigenvalue weighted by Gasteiger charge is -2.11. The topological polar surface area (TPSA) is 96.9 Å². The molecule has 0 aliphatic rings. The highest BCUT2D eigenvalue weighted by molar-refractivity contribution is 7.20. The van der Waals surface area contributed by atoms with Gasteiger partial charge in [0.05, 0.1) is 21.7 Å². The number of rotatable bonds is 4. The first-order chi connectivity index (χ1) is 15.7. The van der Waals surface area contributed by atoms with Gasteiger partial charge in [-0.25, -0.2) is 9.97 Å². The second kappa shape index (κ2) is 8.66. The van der Waals surface area contributed by atoms with Crippen molar-refractivity contribution >= 4 is 45.4 Å². The Morgan fingerprint density at radius 1 is 0.875 bits per heavy atom. The van der Waals surface area contributed by atoms with Gasteiger partial charge in [-0.3, -0.25) is 25.4 Å². The van der Waals surface area contributed by atoms with Gasteiger partial charge < -0.3 is 0 Å². The van der Waals surface area contributed by atoms with Crippen LogP contribution in [-0.2, 0) is 0 Å². The van der Waals surface area contributed by atoms with Crippen molar-refractivity contribution < 1.29 is 9.59 Å². The summed E-state index contributed by atoms with van der Waals surface area (Å²) in [5, 5.41) is 5.06. The number of carbonyl (C=O) groups excluding carboxylic acids is 2. The number of hydrogen-bond donors (Lipinski definition) is 2. The molecule has 0 fully saturated rings. The molecule has 0 radical (unpaired) electrons. The van der Waals surface area contributed by atoms with Crippen molar-refractivity contribution in [2.75, 3.05) is 0 Å². The first-order valence-electron chi connectivity index (χ1n) is 9.59. The summed E-state index contributed by atoms with van der Waals surface area (Å²) in [7, 11) is 0. The Bertz CT molecular complexity index is 1420. The van der Waals surface area contributed by atoms with Crippen LogP contribution < -0.4 is 10.9 Å². The molecular formula is C23H15N5O2S2. The minimum atomic E-state index is -0.483. The predicted octanol–water partition coefficient (Wildman–Crippen LogP) is 4.56. The monoisotopic (exact) mass is 457 g/mol. The highest BCUT2D eigenvalue weighted by Gasteiger charge is 2.17. The Balaban J connectivity index is 1.38. The number of pyridine rings is 2. The summed E-state index contributed by atoms with van der Waals surface area (Å²) in [6.45, 7) is 0. The molecule has 0 aliphatic carbocycles. The predicted molar refractivity (Wildman–Crippen MR) is 125 cm³/mol. The fourth-order valence-electron chi connectivity index (χ4n) is 3.16. The van der Waals surface area contributed by atoms with Crippen molar-refractivity contribution in [2.45, 2.75) is 0 Å². The minimum Gasteiger partial charge on any atom is -0.267 e. The molecule has 4 heterocycles. The Morgan fingerprint density at radius 3 is 2.56 bits per heavy atom. The number of para-hydroxylation sites is 1. The molecule has 0 saturated heterocycles. The van der Waals surface area contributed by atoms with Gasteiger partial charge in [0.2, 0.25) is 0 Å². The fourth-order valence-corrected chi connectivity index (χ4v) is 4.78. The molecule has 156 valence electrons. The van der Waals surface area contributed by atoms with Crippen molar-refractivity contribution in [3.63, 3.8) is 0 Å². The molecule has 0 aliphatic heterocycles. The van der Waals surface area contributed by atoms with E-state index in [0.717, 1.165) is 15.4 Å². The van der Waals surface area contributed by atoms with E-state index < -0.39 is 11.8 Å². The molecule has 5 aromatic rings. The van der Waals surface area contributed by atoms with E-state index >= 15 is 0 Å². The van der Waals surface area contributed by atoms with Crippen LogP contribution in [0.1, 0.15) is 20.8 Å². The number of aromatic nitrogens is 3. The number of fused-ring (bicyclic) bond motifs is 1. The number of thiophene rings is 1. The van der Waals surface area contributed by atoms with E-state index in [1.807, 2.05) is 53.9 Å². The normalized spacial score (nSPS) is 10.8. The third kappa shape index (κ3) is 3.98. The first-order valence-corrected chi connectivity index (χ1v) is 11.4. The molecule has 9 heteroatoms. The van der Waals surface area contributed by atoms with Crippen LogP contribution in [0.2, 0.25) is 0 Å². The van der Waals surface area contributed by atoms with Crippen molar-refractivity contribution in [1.82, 2.24) is 25.8 Å². The van der Waals surface area contributed by atoms with Gasteiger partial charge in [-0.05, 0) is 35.7 Å². The fraction of sp³-hybridized carbons (Fsp3) is 0. The molecule has 7 nitrogen and oxygen atoms in total. The standard InChI is InChI=1S/C23H15N5O2S2/c29-21(27-28-22(30)19-13-32-23(26-19)20-8-4-10-31-20)16-11-18(14-5-3-9-24-12-14)25-17-7-2-1-6-15(16)17/h1-13H,(H,27,29)(H,28,30). The van der Waals surface area contributed by atoms with Crippen LogP contribution in [0.25, 0.3) is 32.0 Å². The second-order valence-electron chi connectivity index (χ2n) is 6.74. The maximum Gasteiger partial charge on any atom is 0.289 e. The zero-order valence-electron chi connectivity index (χ0n) is 16.5. The van der Waals surface area contributed by atoms with Gasteiger partial charge in [0.15, 0.2) is 0 Å². The van der Waals surface area contributed by atoms with Crippen LogP contribution in [0.5, 0.6) is 0 Å². The Hall–Kier alpha value is -3.95. The van der Waals surface area contributed by atoms with E-state index in [-0.39, 0.29) is 5.69 Å². The lowest BCUT2D eigenvalue weighted by Crippen LogP contribution is -2.41. The van der Waals surface area contributed by atoms with Gasteiger partial charge in [0.1, 0.15) is 10.7 Å². The Labute approximate surface area is 190 Å². The molecular weight excluding hydrogens is 442 g/mol. The van der Waals surface area contributed by atoms with Crippen LogP contribution >= 0.6 is 22.7 Å². The summed E-state index contributed by atoms with van der Waals surface area (Å²) in [5.41, 5.74) is 7.68. The highest BCUT2D eigenvalue weighted by Crippen LogP contribution is 2.28. The first kappa shape index (κ1) is 20.0. The molecule has 0 bridgehead atoms. The summed E-state index contributed by atoms with van der Waals surface area (Å²) >= 11 is 2.93. The van der Waals surface area contributed by atoms with Crippen molar-refractivity contribution in [3.05, 3.63) is 89.0 Å². The summed E-state index contributed by atoms with van der Waals surface area (Å²) in [6.07, 6.45) is 3.37. The minimum absolute atomic E-state index is 0.245. The molecule has 1 aromatic carbocycles. The SMILES string of the molecule is O=C(NNC(=O)c1cc(-c2cccnc2)nc2ccccc12)c1csc(-c2cccs2)n1. The van der Waals surface area contributed by atoms with Crippen LogP contribution in [0.15, 0.2) is 77.8 Å². The van der Waals surface area contributed by atoms with Crippen molar-refractivity contribution in [2.24, 2.45) is 0 Å². The number of benzene rings is 1. The number of hydrogen-bond acceptors (Lipinski definition) is 7. The van der Waals surface area contributed by atoms with Crippen molar-refractivity contribution in [1.29, 1.82) is 0 Å². The second-order valence-corrected chi connectivity index (χ2v) is 8.54. The van der Waals surface area contributed by atoms with E-state index in [0.29, 0.717) is 22.2 Å². The van der Waals surface area contributed by atoms with E-state index in [9.17, 15) is 9.59 Å². The molecule has 0 atom stereocenters. The van der Waals surface area contributed by atoms with E-state index in [4.69, 9.17) is 0 Å². The van der Waals surface area contributed by atoms with E-state index in [1.54, 1.807) is 35.2 Å². The third-order valence-electron chi connectivity index (χ3n) is 4.68. The molecule has 0 spiro atoms. The number of hydrazine groups is 1. The lowest BCUT2D eigenvalue weighted by atomic mass is 10.0. The summed E-state index contributed by atoms with van der Waals surface area (Å²) < 4.78 is 0. The molecule has 2 N–H and O–H groups in total. The number of nitrogens with zero attached hydrogens (tertiary/aromatic N) is 3. The number of nitrogens with one attached hydrogen (secondary N) is 2. The average molecular weight is 458 g/mol. The number of amides is 2. The molecule has 0 saturated carbocycles. The maximum absolute atomic E-state index is 13.0. The zero-order chi connectivity index (χ0) is 21.9. The van der Waals surface area contributed by atoms with E-state index in [1.165, 1.54) is 11.3 Å². The molecule has 32 heavy (non-hydrogen) atoms. The molecule has 5 rings (SSSR count). The van der Waals surface area contributed by atoms with Gasteiger partial charge in [-0.1, -0.05) is 24.3 Å². The van der Waals surface area contributed by atoms with Gasteiger partial charge in [-0.15, -0.1) is 22.7 Å². The largest absolute Gasteiger partial charge is 0.289 e. The van der Waals surface area contributed by atoms with E-state index in [2.05, 4.69) is 25.8 Å². The third-order valence-corrected chi connectivity index (χ3v) is 6.56. The maximum atomic E-state index is 13.0. The zero-order valence-corrected chi connectivity index (χ0v) is 18.1. The summed E-state index contributed by atoms with van der Waals surface area (Å²) in [6, 6.07) is 16.6. The van der Waals surface area contributed by atoms with Gasteiger partial charge >= 0.3 is 0 Å². The van der Waals surface area contributed by atoms with Crippen LogP contribution in [0.3, 0.4) is 0 Å². The molecule has 0 unspecified atom stereocenters. The summed E-state index contributed by atoms with van der Waals surface area (Å²) in [5.74, 6) is -0.931.